The first-order valence-corrected chi connectivity index (χ1v) is 12.1. The minimum atomic E-state index is 0.515. The van der Waals surface area contributed by atoms with Crippen LogP contribution in [0.4, 0.5) is 5.95 Å². The molecule has 0 spiro atoms. The van der Waals surface area contributed by atoms with Crippen molar-refractivity contribution in [3.05, 3.63) is 71.7 Å². The lowest BCUT2D eigenvalue weighted by Crippen LogP contribution is -2.39. The Morgan fingerprint density at radius 1 is 0.939 bits per heavy atom. The molecule has 1 atom stereocenters. The minimum Gasteiger partial charge on any atom is -0.347 e. The summed E-state index contributed by atoms with van der Waals surface area (Å²) in [4.78, 5) is 13.7. The molecule has 1 unspecified atom stereocenters. The lowest BCUT2D eigenvalue weighted by molar-refractivity contribution is 0.134. The molecule has 0 aliphatic carbocycles. The molecule has 0 saturated carbocycles. The van der Waals surface area contributed by atoms with Crippen molar-refractivity contribution in [2.45, 2.75) is 38.6 Å². The van der Waals surface area contributed by atoms with Crippen LogP contribution in [0.2, 0.25) is 0 Å². The number of hydrogen-bond donors (Lipinski definition) is 0. The molecule has 2 aliphatic heterocycles. The number of benzene rings is 2. The average Bonchev–Trinajstić information content (AvgIpc) is 3.18. The highest BCUT2D eigenvalue weighted by Gasteiger charge is 2.34. The van der Waals surface area contributed by atoms with Crippen LogP contribution >= 0.6 is 0 Å². The van der Waals surface area contributed by atoms with Crippen molar-refractivity contribution < 1.29 is 0 Å². The predicted octanol–water partition coefficient (Wildman–Crippen LogP) is 5.55. The zero-order chi connectivity index (χ0) is 22.5. The molecule has 2 aliphatic rings. The topological polar surface area (TPSA) is 37.2 Å². The van der Waals surface area contributed by atoms with E-state index in [9.17, 15) is 0 Å². The second-order valence-corrected chi connectivity index (χ2v) is 9.73. The van der Waals surface area contributed by atoms with E-state index in [-0.39, 0.29) is 0 Å². The third-order valence-electron chi connectivity index (χ3n) is 7.32. The van der Waals surface area contributed by atoms with Gasteiger partial charge in [-0.2, -0.15) is 0 Å². The molecule has 168 valence electrons. The Hall–Kier alpha value is -3.18. The van der Waals surface area contributed by atoms with E-state index in [0.29, 0.717) is 6.04 Å². The number of anilines is 1. The highest BCUT2D eigenvalue weighted by Crippen LogP contribution is 2.43. The van der Waals surface area contributed by atoms with Crippen molar-refractivity contribution in [1.82, 2.24) is 19.4 Å². The van der Waals surface area contributed by atoms with Crippen molar-refractivity contribution in [3.8, 4) is 16.8 Å². The SMILES string of the molecule is Cc1ccc2c(c1)c1c(n2-c2cccc(-c3cnc(N(C)C)nc3)c2)C2CCCCN2CC1. The number of rotatable bonds is 3. The van der Waals surface area contributed by atoms with Gasteiger partial charge in [0.2, 0.25) is 5.95 Å². The third-order valence-corrected chi connectivity index (χ3v) is 7.32. The van der Waals surface area contributed by atoms with Gasteiger partial charge in [-0.05, 0) is 68.1 Å². The molecule has 4 aromatic rings. The van der Waals surface area contributed by atoms with Crippen LogP contribution in [0.5, 0.6) is 0 Å². The Morgan fingerprint density at radius 3 is 2.61 bits per heavy atom. The standard InChI is InChI=1S/C28H31N5/c1-19-10-11-25-24(15-19)23-12-14-32-13-5-4-9-26(32)27(23)33(25)22-8-6-7-20(16-22)21-17-29-28(30-18-21)31(2)3/h6-8,10-11,15-18,26H,4-5,9,12-14H2,1-3H3. The van der Waals surface area contributed by atoms with Gasteiger partial charge in [0.05, 0.1) is 11.6 Å². The van der Waals surface area contributed by atoms with Gasteiger partial charge in [-0.25, -0.2) is 9.97 Å². The van der Waals surface area contributed by atoms with E-state index < -0.39 is 0 Å². The van der Waals surface area contributed by atoms with Crippen LogP contribution in [0.25, 0.3) is 27.7 Å². The van der Waals surface area contributed by atoms with Crippen LogP contribution in [-0.4, -0.2) is 46.6 Å². The Bertz CT molecular complexity index is 1320. The highest BCUT2D eigenvalue weighted by atomic mass is 15.2. The molecule has 33 heavy (non-hydrogen) atoms. The molecular weight excluding hydrogens is 406 g/mol. The lowest BCUT2D eigenvalue weighted by atomic mass is 9.90. The first kappa shape index (κ1) is 20.4. The molecule has 0 bridgehead atoms. The molecule has 5 nitrogen and oxygen atoms in total. The summed E-state index contributed by atoms with van der Waals surface area (Å²) in [5, 5.41) is 1.43. The molecule has 0 N–H and O–H groups in total. The first-order chi connectivity index (χ1) is 16.1. The smallest absolute Gasteiger partial charge is 0.224 e. The van der Waals surface area contributed by atoms with Crippen LogP contribution in [-0.2, 0) is 6.42 Å². The number of hydrogen-bond acceptors (Lipinski definition) is 4. The molecule has 6 rings (SSSR count). The Labute approximate surface area is 195 Å². The van der Waals surface area contributed by atoms with Crippen LogP contribution in [0, 0.1) is 6.92 Å². The van der Waals surface area contributed by atoms with E-state index in [2.05, 4.69) is 68.8 Å². The molecule has 1 saturated heterocycles. The van der Waals surface area contributed by atoms with Crippen LogP contribution in [0.3, 0.4) is 0 Å². The van der Waals surface area contributed by atoms with Gasteiger partial charge >= 0.3 is 0 Å². The maximum atomic E-state index is 4.53. The van der Waals surface area contributed by atoms with Crippen molar-refractivity contribution in [3.63, 3.8) is 0 Å². The average molecular weight is 438 g/mol. The molecule has 1 fully saturated rings. The number of aromatic nitrogens is 3. The summed E-state index contributed by atoms with van der Waals surface area (Å²) in [5.74, 6) is 0.730. The fraction of sp³-hybridized carbons (Fsp3) is 0.357. The van der Waals surface area contributed by atoms with E-state index in [4.69, 9.17) is 0 Å². The zero-order valence-corrected chi connectivity index (χ0v) is 19.8. The van der Waals surface area contributed by atoms with Gasteiger partial charge in [0.25, 0.3) is 0 Å². The quantitative estimate of drug-likeness (QED) is 0.421. The van der Waals surface area contributed by atoms with Gasteiger partial charge in [-0.1, -0.05) is 30.2 Å². The van der Waals surface area contributed by atoms with E-state index in [0.717, 1.165) is 23.5 Å². The number of piperidine rings is 1. The van der Waals surface area contributed by atoms with Crippen LogP contribution < -0.4 is 4.90 Å². The van der Waals surface area contributed by atoms with E-state index in [1.54, 1.807) is 5.56 Å². The van der Waals surface area contributed by atoms with Crippen LogP contribution in [0.15, 0.2) is 54.9 Å². The Kier molecular flexibility index (Phi) is 4.95. The monoisotopic (exact) mass is 437 g/mol. The predicted molar refractivity (Wildman–Crippen MR) is 135 cm³/mol. The summed E-state index contributed by atoms with van der Waals surface area (Å²) in [6, 6.07) is 16.3. The molecule has 2 aromatic heterocycles. The molecule has 0 amide bonds. The Balaban J connectivity index is 1.53. The van der Waals surface area contributed by atoms with E-state index in [1.165, 1.54) is 60.2 Å². The van der Waals surface area contributed by atoms with E-state index in [1.807, 2.05) is 31.4 Å². The maximum absolute atomic E-state index is 4.53. The fourth-order valence-corrected chi connectivity index (χ4v) is 5.73. The molecular formula is C28H31N5. The summed E-state index contributed by atoms with van der Waals surface area (Å²) >= 11 is 0. The summed E-state index contributed by atoms with van der Waals surface area (Å²) in [7, 11) is 3.93. The van der Waals surface area contributed by atoms with Gasteiger partial charge in [0, 0.05) is 55.4 Å². The molecule has 2 aromatic carbocycles. The zero-order valence-electron chi connectivity index (χ0n) is 19.8. The molecule has 4 heterocycles. The van der Waals surface area contributed by atoms with E-state index >= 15 is 0 Å². The number of nitrogens with zero attached hydrogens (tertiary/aromatic N) is 5. The summed E-state index contributed by atoms with van der Waals surface area (Å²) in [6.07, 6.45) is 8.88. The summed E-state index contributed by atoms with van der Waals surface area (Å²) < 4.78 is 2.55. The lowest BCUT2D eigenvalue weighted by Gasteiger charge is -2.40. The normalized spacial score (nSPS) is 18.2. The highest BCUT2D eigenvalue weighted by molar-refractivity contribution is 5.89. The van der Waals surface area contributed by atoms with Gasteiger partial charge in [0.1, 0.15) is 0 Å². The molecule has 5 heteroatoms. The minimum absolute atomic E-state index is 0.515. The maximum Gasteiger partial charge on any atom is 0.224 e. The van der Waals surface area contributed by atoms with Gasteiger partial charge in [0.15, 0.2) is 0 Å². The van der Waals surface area contributed by atoms with Crippen molar-refractivity contribution in [2.24, 2.45) is 0 Å². The van der Waals surface area contributed by atoms with Crippen molar-refractivity contribution in [1.29, 1.82) is 0 Å². The summed E-state index contributed by atoms with van der Waals surface area (Å²) in [5.41, 5.74) is 9.15. The molecule has 0 radical (unpaired) electrons. The second-order valence-electron chi connectivity index (χ2n) is 9.73. The second kappa shape index (κ2) is 7.99. The number of fused-ring (bicyclic) bond motifs is 5. The van der Waals surface area contributed by atoms with Crippen LogP contribution in [0.1, 0.15) is 42.1 Å². The van der Waals surface area contributed by atoms with Gasteiger partial charge < -0.3 is 9.47 Å². The van der Waals surface area contributed by atoms with Gasteiger partial charge in [-0.15, -0.1) is 0 Å². The third kappa shape index (κ3) is 3.42. The van der Waals surface area contributed by atoms with Crippen molar-refractivity contribution in [2.75, 3.05) is 32.1 Å². The largest absolute Gasteiger partial charge is 0.347 e. The Morgan fingerprint density at radius 2 is 1.79 bits per heavy atom. The summed E-state index contributed by atoms with van der Waals surface area (Å²) in [6.45, 7) is 4.61. The van der Waals surface area contributed by atoms with Gasteiger partial charge in [-0.3, -0.25) is 4.90 Å². The number of aryl methyl sites for hydroxylation is 1. The van der Waals surface area contributed by atoms with Crippen molar-refractivity contribution >= 4 is 16.9 Å². The first-order valence-electron chi connectivity index (χ1n) is 12.1. The fourth-order valence-electron chi connectivity index (χ4n) is 5.73.